The Kier molecular flexibility index (Phi) is 9.27. The Bertz CT molecular complexity index is 481. The number of aldehydes is 1. The van der Waals surface area contributed by atoms with Crippen molar-refractivity contribution >= 4 is 18.1 Å². The van der Waals surface area contributed by atoms with Gasteiger partial charge in [-0.25, -0.2) is 0 Å². The summed E-state index contributed by atoms with van der Waals surface area (Å²) in [6, 6.07) is -0.870. The maximum atomic E-state index is 13.1. The number of hydrogen-bond donors (Lipinski definition) is 1. The quantitative estimate of drug-likeness (QED) is 0.634. The van der Waals surface area contributed by atoms with E-state index in [0.29, 0.717) is 6.42 Å². The van der Waals surface area contributed by atoms with Crippen LogP contribution in [0.5, 0.6) is 0 Å². The summed E-state index contributed by atoms with van der Waals surface area (Å²) in [5.41, 5.74) is 0. The Hall–Kier alpha value is -1.43. The van der Waals surface area contributed by atoms with E-state index in [0.717, 1.165) is 38.5 Å². The van der Waals surface area contributed by atoms with E-state index in [4.69, 9.17) is 0 Å². The molecule has 1 saturated heterocycles. The minimum atomic E-state index is -0.555. The molecule has 0 aromatic heterocycles. The zero-order valence-corrected chi connectivity index (χ0v) is 17.3. The van der Waals surface area contributed by atoms with Gasteiger partial charge in [-0.2, -0.15) is 0 Å². The average Bonchev–Trinajstić information content (AvgIpc) is 2.62. The molecule has 4 unspecified atom stereocenters. The van der Waals surface area contributed by atoms with Gasteiger partial charge in [-0.3, -0.25) is 14.5 Å². The van der Waals surface area contributed by atoms with E-state index in [-0.39, 0.29) is 35.7 Å². The molecule has 4 atom stereocenters. The van der Waals surface area contributed by atoms with Gasteiger partial charge >= 0.3 is 0 Å². The number of nitrogens with zero attached hydrogens (tertiary/aromatic N) is 2. The molecule has 6 nitrogen and oxygen atoms in total. The Labute approximate surface area is 158 Å². The number of carbonyl (C=O) groups excluding carboxylic acids is 3. The number of carbonyl (C=O) groups is 3. The molecule has 6 heteroatoms. The van der Waals surface area contributed by atoms with Crippen LogP contribution in [0.1, 0.15) is 59.8 Å². The lowest BCUT2D eigenvalue weighted by atomic mass is 9.94. The Morgan fingerprint density at radius 1 is 1.27 bits per heavy atom. The van der Waals surface area contributed by atoms with Crippen molar-refractivity contribution < 1.29 is 14.4 Å². The number of rotatable bonds is 9. The Balaban J connectivity index is 2.92. The monoisotopic (exact) mass is 367 g/mol. The van der Waals surface area contributed by atoms with Crippen LogP contribution in [0, 0.1) is 11.8 Å². The Morgan fingerprint density at radius 3 is 2.42 bits per heavy atom. The van der Waals surface area contributed by atoms with Crippen LogP contribution < -0.4 is 5.32 Å². The van der Waals surface area contributed by atoms with Gasteiger partial charge in [-0.1, -0.05) is 40.5 Å². The average molecular weight is 368 g/mol. The molecule has 0 spiro atoms. The van der Waals surface area contributed by atoms with E-state index in [1.54, 1.807) is 11.9 Å². The molecule has 0 bridgehead atoms. The van der Waals surface area contributed by atoms with Crippen LogP contribution in [0.2, 0.25) is 0 Å². The van der Waals surface area contributed by atoms with Crippen LogP contribution in [0.4, 0.5) is 0 Å². The lowest BCUT2D eigenvalue weighted by Gasteiger charge is -2.37. The second-order valence-electron chi connectivity index (χ2n) is 8.03. The fourth-order valence-corrected chi connectivity index (χ4v) is 3.70. The normalized spacial score (nSPS) is 21.7. The van der Waals surface area contributed by atoms with Crippen LogP contribution in [0.15, 0.2) is 0 Å². The zero-order chi connectivity index (χ0) is 19.9. The van der Waals surface area contributed by atoms with Gasteiger partial charge in [-0.15, -0.1) is 0 Å². The van der Waals surface area contributed by atoms with Crippen LogP contribution in [0.3, 0.4) is 0 Å². The number of piperidine rings is 1. The zero-order valence-electron chi connectivity index (χ0n) is 17.3. The van der Waals surface area contributed by atoms with Crippen molar-refractivity contribution in [2.75, 3.05) is 20.6 Å². The van der Waals surface area contributed by atoms with Crippen LogP contribution in [-0.4, -0.2) is 66.7 Å². The molecule has 0 aromatic rings. The molecule has 1 heterocycles. The van der Waals surface area contributed by atoms with Crippen LogP contribution in [0.25, 0.3) is 0 Å². The summed E-state index contributed by atoms with van der Waals surface area (Å²) >= 11 is 0. The standard InChI is InChI=1S/C20H37N3O3/c1-7-15(4)18(20(26)23(6)16(11-13-24)14(2)3)21-19(25)17-10-8-9-12-22(17)5/h13-18H,7-12H2,1-6H3,(H,21,25). The minimum Gasteiger partial charge on any atom is -0.343 e. The van der Waals surface area contributed by atoms with Gasteiger partial charge in [0.2, 0.25) is 11.8 Å². The second-order valence-corrected chi connectivity index (χ2v) is 8.03. The summed E-state index contributed by atoms with van der Waals surface area (Å²) in [7, 11) is 3.71. The molecule has 26 heavy (non-hydrogen) atoms. The molecule has 1 fully saturated rings. The predicted octanol–water partition coefficient (Wildman–Crippen LogP) is 2.07. The maximum Gasteiger partial charge on any atom is 0.245 e. The SMILES string of the molecule is CCC(C)C(NC(=O)C1CCCCN1C)C(=O)N(C)C(CC=O)C(C)C. The van der Waals surface area contributed by atoms with Gasteiger partial charge in [0.25, 0.3) is 0 Å². The first-order valence-electron chi connectivity index (χ1n) is 9.95. The smallest absolute Gasteiger partial charge is 0.245 e. The fourth-order valence-electron chi connectivity index (χ4n) is 3.70. The molecule has 150 valence electrons. The molecule has 0 aromatic carbocycles. The van der Waals surface area contributed by atoms with E-state index < -0.39 is 6.04 Å². The van der Waals surface area contributed by atoms with Crippen molar-refractivity contribution in [3.8, 4) is 0 Å². The number of likely N-dealkylation sites (N-methyl/N-ethyl adjacent to an activating group) is 2. The molecule has 1 aliphatic heterocycles. The lowest BCUT2D eigenvalue weighted by molar-refractivity contribution is -0.141. The lowest BCUT2D eigenvalue weighted by Crippen LogP contribution is -2.57. The first-order chi connectivity index (χ1) is 12.2. The highest BCUT2D eigenvalue weighted by Crippen LogP contribution is 2.19. The van der Waals surface area contributed by atoms with Crippen molar-refractivity contribution in [3.63, 3.8) is 0 Å². The predicted molar refractivity (Wildman–Crippen MR) is 104 cm³/mol. The van der Waals surface area contributed by atoms with Gasteiger partial charge in [0.05, 0.1) is 6.04 Å². The molecule has 0 radical (unpaired) electrons. The molecule has 1 aliphatic rings. The highest BCUT2D eigenvalue weighted by molar-refractivity contribution is 5.90. The van der Waals surface area contributed by atoms with Crippen molar-refractivity contribution in [1.82, 2.24) is 15.1 Å². The minimum absolute atomic E-state index is 0.0341. The summed E-state index contributed by atoms with van der Waals surface area (Å²) in [5, 5.41) is 3.02. The summed E-state index contributed by atoms with van der Waals surface area (Å²) in [5.74, 6) is 0.0428. The molecule has 0 aliphatic carbocycles. The summed E-state index contributed by atoms with van der Waals surface area (Å²) in [4.78, 5) is 40.7. The first kappa shape index (κ1) is 22.6. The third-order valence-corrected chi connectivity index (χ3v) is 5.80. The summed E-state index contributed by atoms with van der Waals surface area (Å²) in [6.07, 6.45) is 4.96. The third kappa shape index (κ3) is 5.79. The first-order valence-corrected chi connectivity index (χ1v) is 9.95. The van der Waals surface area contributed by atoms with Crippen molar-refractivity contribution in [1.29, 1.82) is 0 Å². The van der Waals surface area contributed by atoms with Crippen LogP contribution in [-0.2, 0) is 14.4 Å². The molecule has 1 N–H and O–H groups in total. The van der Waals surface area contributed by atoms with Gasteiger partial charge in [0.15, 0.2) is 0 Å². The Morgan fingerprint density at radius 2 is 1.92 bits per heavy atom. The highest BCUT2D eigenvalue weighted by atomic mass is 16.2. The van der Waals surface area contributed by atoms with Crippen molar-refractivity contribution in [2.24, 2.45) is 11.8 Å². The second kappa shape index (κ2) is 10.7. The largest absolute Gasteiger partial charge is 0.343 e. The molecule has 2 amide bonds. The highest BCUT2D eigenvalue weighted by Gasteiger charge is 2.35. The third-order valence-electron chi connectivity index (χ3n) is 5.80. The summed E-state index contributed by atoms with van der Waals surface area (Å²) < 4.78 is 0. The summed E-state index contributed by atoms with van der Waals surface area (Å²) in [6.45, 7) is 8.94. The fraction of sp³-hybridized carbons (Fsp3) is 0.850. The van der Waals surface area contributed by atoms with Gasteiger partial charge in [0, 0.05) is 19.5 Å². The van der Waals surface area contributed by atoms with Crippen molar-refractivity contribution in [3.05, 3.63) is 0 Å². The van der Waals surface area contributed by atoms with E-state index in [1.807, 2.05) is 34.7 Å². The maximum absolute atomic E-state index is 13.1. The van der Waals surface area contributed by atoms with E-state index in [2.05, 4.69) is 10.2 Å². The number of likely N-dealkylation sites (tertiary alicyclic amines) is 1. The van der Waals surface area contributed by atoms with E-state index in [1.165, 1.54) is 0 Å². The van der Waals surface area contributed by atoms with Crippen molar-refractivity contribution in [2.45, 2.75) is 77.9 Å². The van der Waals surface area contributed by atoms with E-state index in [9.17, 15) is 14.4 Å². The van der Waals surface area contributed by atoms with Gasteiger partial charge in [-0.05, 0) is 38.3 Å². The molecule has 0 saturated carbocycles. The number of amides is 2. The van der Waals surface area contributed by atoms with E-state index >= 15 is 0 Å². The number of nitrogens with one attached hydrogen (secondary N) is 1. The topological polar surface area (TPSA) is 69.7 Å². The molecule has 1 rings (SSSR count). The van der Waals surface area contributed by atoms with Gasteiger partial charge in [0.1, 0.15) is 12.3 Å². The van der Waals surface area contributed by atoms with Gasteiger partial charge < -0.3 is 15.0 Å². The molecular formula is C20H37N3O3. The molecular weight excluding hydrogens is 330 g/mol. The number of hydrogen-bond acceptors (Lipinski definition) is 4. The van der Waals surface area contributed by atoms with Crippen LogP contribution >= 0.6 is 0 Å².